The number of aliphatic carboxylic acids is 1. The third-order valence-electron chi connectivity index (χ3n) is 2.30. The van der Waals surface area contributed by atoms with Gasteiger partial charge in [0, 0.05) is 12.6 Å². The molecular weight excluding hydrogens is 281 g/mol. The molecule has 4 nitrogen and oxygen atoms in total. The molecule has 0 atom stereocenters. The summed E-state index contributed by atoms with van der Waals surface area (Å²) < 4.78 is 39.0. The molecule has 108 valence electrons. The van der Waals surface area contributed by atoms with Crippen LogP contribution in [0.3, 0.4) is 0 Å². The fourth-order valence-corrected chi connectivity index (χ4v) is 2.08. The maximum absolute atomic E-state index is 12.6. The topological polar surface area (TPSA) is 55.1 Å². The first-order valence-corrected chi connectivity index (χ1v) is 6.68. The Bertz CT molecular complexity index is 444. The Labute approximate surface area is 113 Å². The Morgan fingerprint density at radius 3 is 2.63 bits per heavy atom. The van der Waals surface area contributed by atoms with Crippen molar-refractivity contribution in [3.05, 3.63) is 11.8 Å². The van der Waals surface area contributed by atoms with Gasteiger partial charge in [0.05, 0.1) is 10.8 Å². The third-order valence-corrected chi connectivity index (χ3v) is 3.31. The number of nitrogens with zero attached hydrogens (tertiary/aromatic N) is 2. The number of halogens is 3. The first kappa shape index (κ1) is 15.9. The molecule has 1 rings (SSSR count). The normalized spacial score (nSPS) is 12.1. The minimum Gasteiger partial charge on any atom is -0.481 e. The van der Waals surface area contributed by atoms with Gasteiger partial charge in [0.1, 0.15) is 0 Å². The number of hydrogen-bond donors (Lipinski definition) is 1. The van der Waals surface area contributed by atoms with Crippen LogP contribution in [0.25, 0.3) is 0 Å². The molecular formula is C11H15F3N2O2S. The van der Waals surface area contributed by atoms with Crippen LogP contribution in [0.15, 0.2) is 11.1 Å². The zero-order valence-corrected chi connectivity index (χ0v) is 11.4. The monoisotopic (exact) mass is 296 g/mol. The van der Waals surface area contributed by atoms with E-state index in [1.807, 2.05) is 13.8 Å². The van der Waals surface area contributed by atoms with Crippen molar-refractivity contribution in [1.82, 2.24) is 9.78 Å². The summed E-state index contributed by atoms with van der Waals surface area (Å²) in [5.41, 5.74) is -0.982. The lowest BCUT2D eigenvalue weighted by molar-refractivity contribution is -0.141. The summed E-state index contributed by atoms with van der Waals surface area (Å²) in [6, 6.07) is 0.897. The van der Waals surface area contributed by atoms with E-state index in [1.54, 1.807) is 0 Å². The fraction of sp³-hybridized carbons (Fsp3) is 0.636. The molecule has 0 saturated carbocycles. The molecule has 19 heavy (non-hydrogen) atoms. The van der Waals surface area contributed by atoms with E-state index in [4.69, 9.17) is 5.11 Å². The summed E-state index contributed by atoms with van der Waals surface area (Å²) in [7, 11) is 0. The number of alkyl halides is 3. The van der Waals surface area contributed by atoms with Crippen molar-refractivity contribution < 1.29 is 23.1 Å². The van der Waals surface area contributed by atoms with Crippen molar-refractivity contribution in [1.29, 1.82) is 0 Å². The highest BCUT2D eigenvalue weighted by Crippen LogP contribution is 2.31. The van der Waals surface area contributed by atoms with Crippen LogP contribution in [0.2, 0.25) is 0 Å². The van der Waals surface area contributed by atoms with Gasteiger partial charge < -0.3 is 5.11 Å². The molecule has 0 aromatic carbocycles. The number of thioether (sulfide) groups is 1. The van der Waals surface area contributed by atoms with E-state index in [0.29, 0.717) is 18.9 Å². The van der Waals surface area contributed by atoms with Gasteiger partial charge in [-0.2, -0.15) is 18.3 Å². The average molecular weight is 296 g/mol. The summed E-state index contributed by atoms with van der Waals surface area (Å²) >= 11 is 0.845. The number of carboxylic acids is 1. The lowest BCUT2D eigenvalue weighted by Crippen LogP contribution is -2.09. The maximum Gasteiger partial charge on any atom is 0.435 e. The first-order chi connectivity index (χ1) is 8.70. The lowest BCUT2D eigenvalue weighted by Gasteiger charge is -2.08. The number of rotatable bonds is 6. The minimum atomic E-state index is -4.51. The number of carboxylic acid groups (broad SMARTS) is 1. The Kier molecular flexibility index (Phi) is 5.28. The van der Waals surface area contributed by atoms with Crippen LogP contribution in [0.5, 0.6) is 0 Å². The highest BCUT2D eigenvalue weighted by Gasteiger charge is 2.35. The van der Waals surface area contributed by atoms with Crippen LogP contribution < -0.4 is 0 Å². The Morgan fingerprint density at radius 2 is 2.16 bits per heavy atom. The van der Waals surface area contributed by atoms with Gasteiger partial charge in [0.15, 0.2) is 5.69 Å². The average Bonchev–Trinajstić information content (AvgIpc) is 2.66. The molecule has 0 bridgehead atoms. The van der Waals surface area contributed by atoms with E-state index in [-0.39, 0.29) is 10.8 Å². The number of hydrogen-bond acceptors (Lipinski definition) is 3. The van der Waals surface area contributed by atoms with Crippen LogP contribution >= 0.6 is 11.8 Å². The smallest absolute Gasteiger partial charge is 0.435 e. The Balaban J connectivity index is 2.90. The zero-order valence-electron chi connectivity index (χ0n) is 10.6. The van der Waals surface area contributed by atoms with Gasteiger partial charge in [-0.25, -0.2) is 0 Å². The predicted octanol–water partition coefficient (Wildman–Crippen LogP) is 3.12. The van der Waals surface area contributed by atoms with Crippen molar-refractivity contribution in [2.24, 2.45) is 5.92 Å². The maximum atomic E-state index is 12.6. The van der Waals surface area contributed by atoms with Crippen molar-refractivity contribution in [2.75, 3.05) is 5.75 Å². The zero-order chi connectivity index (χ0) is 14.6. The molecule has 0 amide bonds. The molecule has 0 spiro atoms. The SMILES string of the molecule is CC(C)CCn1nc(C(F)(F)F)cc1SCC(=O)O. The van der Waals surface area contributed by atoms with Crippen molar-refractivity contribution in [2.45, 2.75) is 38.0 Å². The van der Waals surface area contributed by atoms with Gasteiger partial charge >= 0.3 is 12.1 Å². The van der Waals surface area contributed by atoms with E-state index >= 15 is 0 Å². The van der Waals surface area contributed by atoms with Crippen LogP contribution in [0.4, 0.5) is 13.2 Å². The van der Waals surface area contributed by atoms with Crippen molar-refractivity contribution >= 4 is 17.7 Å². The Hall–Kier alpha value is -1.18. The van der Waals surface area contributed by atoms with E-state index in [0.717, 1.165) is 17.8 Å². The second kappa shape index (κ2) is 6.31. The highest BCUT2D eigenvalue weighted by molar-refractivity contribution is 7.99. The van der Waals surface area contributed by atoms with Gasteiger partial charge in [-0.1, -0.05) is 25.6 Å². The fourth-order valence-electron chi connectivity index (χ4n) is 1.33. The second-order valence-electron chi connectivity index (χ2n) is 4.45. The number of aryl methyl sites for hydroxylation is 1. The predicted molar refractivity (Wildman–Crippen MR) is 65.0 cm³/mol. The van der Waals surface area contributed by atoms with Gasteiger partial charge in [0.2, 0.25) is 0 Å². The third kappa shape index (κ3) is 5.14. The standard InChI is InChI=1S/C11H15F3N2O2S/c1-7(2)3-4-16-9(19-6-10(17)18)5-8(15-16)11(12,13)14/h5,7H,3-4,6H2,1-2H3,(H,17,18). The summed E-state index contributed by atoms with van der Waals surface area (Å²) in [5.74, 6) is -1.03. The molecule has 1 N–H and O–H groups in total. The molecule has 0 unspecified atom stereocenters. The first-order valence-electron chi connectivity index (χ1n) is 5.69. The summed E-state index contributed by atoms with van der Waals surface area (Å²) in [4.78, 5) is 10.5. The van der Waals surface area contributed by atoms with Gasteiger partial charge in [-0.3, -0.25) is 9.48 Å². The minimum absolute atomic E-state index is 0.232. The largest absolute Gasteiger partial charge is 0.481 e. The van der Waals surface area contributed by atoms with Crippen LogP contribution in [-0.2, 0) is 17.5 Å². The van der Waals surface area contributed by atoms with E-state index in [2.05, 4.69) is 5.10 Å². The van der Waals surface area contributed by atoms with Crippen molar-refractivity contribution in [3.8, 4) is 0 Å². The molecule has 1 heterocycles. The second-order valence-corrected chi connectivity index (χ2v) is 5.45. The van der Waals surface area contributed by atoms with Gasteiger partial charge in [-0.15, -0.1) is 0 Å². The lowest BCUT2D eigenvalue weighted by atomic mass is 10.1. The van der Waals surface area contributed by atoms with Crippen molar-refractivity contribution in [3.63, 3.8) is 0 Å². The number of aromatic nitrogens is 2. The Morgan fingerprint density at radius 1 is 1.53 bits per heavy atom. The molecule has 0 radical (unpaired) electrons. The molecule has 1 aromatic heterocycles. The number of carbonyl (C=O) groups is 1. The van der Waals surface area contributed by atoms with Crippen LogP contribution in [-0.4, -0.2) is 26.6 Å². The van der Waals surface area contributed by atoms with E-state index in [1.165, 1.54) is 4.68 Å². The van der Waals surface area contributed by atoms with E-state index < -0.39 is 17.8 Å². The molecule has 0 fully saturated rings. The van der Waals surface area contributed by atoms with Gasteiger partial charge in [-0.05, 0) is 12.3 Å². The van der Waals surface area contributed by atoms with Gasteiger partial charge in [0.25, 0.3) is 0 Å². The summed E-state index contributed by atoms with van der Waals surface area (Å²) in [6.45, 7) is 4.26. The quantitative estimate of drug-likeness (QED) is 0.819. The molecule has 0 aliphatic carbocycles. The summed E-state index contributed by atoms with van der Waals surface area (Å²) in [6.07, 6.45) is -3.83. The summed E-state index contributed by atoms with van der Waals surface area (Å²) in [5, 5.41) is 12.3. The van der Waals surface area contributed by atoms with Crippen LogP contribution in [0, 0.1) is 5.92 Å². The molecule has 8 heteroatoms. The highest BCUT2D eigenvalue weighted by atomic mass is 32.2. The van der Waals surface area contributed by atoms with Crippen LogP contribution in [0.1, 0.15) is 26.0 Å². The molecule has 0 aliphatic heterocycles. The molecule has 1 aromatic rings. The molecule has 0 saturated heterocycles. The molecule has 0 aliphatic rings. The van der Waals surface area contributed by atoms with E-state index in [9.17, 15) is 18.0 Å².